The zero-order valence-corrected chi connectivity index (χ0v) is 15.1. The Bertz CT molecular complexity index is 821. The minimum atomic E-state index is -0.220. The fourth-order valence-electron chi connectivity index (χ4n) is 2.58. The monoisotopic (exact) mass is 374 g/mol. The van der Waals surface area contributed by atoms with Crippen molar-refractivity contribution in [1.29, 1.82) is 0 Å². The number of nitrogens with one attached hydrogen (secondary N) is 2. The van der Waals surface area contributed by atoms with Gasteiger partial charge in [-0.05, 0) is 42.0 Å². The van der Waals surface area contributed by atoms with Gasteiger partial charge in [-0.25, -0.2) is 0 Å². The summed E-state index contributed by atoms with van der Waals surface area (Å²) in [5, 5.41) is 5.97. The number of benzene rings is 2. The van der Waals surface area contributed by atoms with Gasteiger partial charge in [0.25, 0.3) is 5.91 Å². The minimum Gasteiger partial charge on any atom is -0.489 e. The molecule has 1 heterocycles. The van der Waals surface area contributed by atoms with E-state index in [-0.39, 0.29) is 11.8 Å². The number of amides is 2. The van der Waals surface area contributed by atoms with E-state index < -0.39 is 0 Å². The van der Waals surface area contributed by atoms with Gasteiger partial charge >= 0.3 is 0 Å². The molecule has 0 radical (unpaired) electrons. The van der Waals surface area contributed by atoms with Crippen LogP contribution in [-0.4, -0.2) is 25.0 Å². The molecule has 2 N–H and O–H groups in total. The lowest BCUT2D eigenvalue weighted by molar-refractivity contribution is -0.114. The molecule has 0 saturated carbocycles. The van der Waals surface area contributed by atoms with Crippen molar-refractivity contribution in [3.8, 4) is 11.5 Å². The molecular formula is C19H19ClN2O4. The summed E-state index contributed by atoms with van der Waals surface area (Å²) in [6, 6.07) is 10.3. The van der Waals surface area contributed by atoms with E-state index in [0.717, 1.165) is 12.0 Å². The molecule has 3 rings (SSSR count). The number of anilines is 1. The number of carbonyl (C=O) groups excluding carboxylic acids is 2. The molecule has 0 atom stereocenters. The lowest BCUT2D eigenvalue weighted by atomic mass is 10.1. The van der Waals surface area contributed by atoms with Gasteiger partial charge in [0.15, 0.2) is 11.5 Å². The Morgan fingerprint density at radius 2 is 1.85 bits per heavy atom. The number of hydrogen-bond acceptors (Lipinski definition) is 4. The van der Waals surface area contributed by atoms with Gasteiger partial charge in [-0.3, -0.25) is 9.59 Å². The first kappa shape index (κ1) is 18.1. The van der Waals surface area contributed by atoms with Crippen molar-refractivity contribution in [2.75, 3.05) is 18.5 Å². The second-order valence-electron chi connectivity index (χ2n) is 5.90. The highest BCUT2D eigenvalue weighted by molar-refractivity contribution is 6.32. The quantitative estimate of drug-likeness (QED) is 0.860. The predicted molar refractivity (Wildman–Crippen MR) is 99.0 cm³/mol. The fraction of sp³-hybridized carbons (Fsp3) is 0.263. The topological polar surface area (TPSA) is 76.7 Å². The van der Waals surface area contributed by atoms with Crippen molar-refractivity contribution in [3.05, 3.63) is 52.5 Å². The molecule has 1 aliphatic heterocycles. The number of hydrogen-bond donors (Lipinski definition) is 2. The van der Waals surface area contributed by atoms with E-state index in [4.69, 9.17) is 21.1 Å². The molecule has 0 aromatic heterocycles. The van der Waals surface area contributed by atoms with Crippen LogP contribution in [0.2, 0.25) is 5.02 Å². The van der Waals surface area contributed by atoms with Crippen LogP contribution >= 0.6 is 11.6 Å². The van der Waals surface area contributed by atoms with Crippen LogP contribution < -0.4 is 20.1 Å². The maximum Gasteiger partial charge on any atom is 0.251 e. The van der Waals surface area contributed by atoms with E-state index in [0.29, 0.717) is 47.5 Å². The van der Waals surface area contributed by atoms with Crippen molar-refractivity contribution < 1.29 is 19.1 Å². The highest BCUT2D eigenvalue weighted by Crippen LogP contribution is 2.37. The highest BCUT2D eigenvalue weighted by Gasteiger charge is 2.16. The van der Waals surface area contributed by atoms with Crippen molar-refractivity contribution >= 4 is 29.1 Å². The SMILES string of the molecule is CC(=O)Nc1ccc(C(=O)NCc2cc(Cl)c3c(c2)OCCCO3)cc1. The zero-order chi connectivity index (χ0) is 18.5. The average Bonchev–Trinajstić information content (AvgIpc) is 2.85. The van der Waals surface area contributed by atoms with Crippen molar-refractivity contribution in [2.45, 2.75) is 19.9 Å². The Hall–Kier alpha value is -2.73. The Labute approximate surface area is 156 Å². The van der Waals surface area contributed by atoms with Gasteiger partial charge in [-0.15, -0.1) is 0 Å². The van der Waals surface area contributed by atoms with E-state index in [1.807, 2.05) is 6.07 Å². The molecule has 6 nitrogen and oxygen atoms in total. The molecule has 0 fully saturated rings. The van der Waals surface area contributed by atoms with Gasteiger partial charge in [0.1, 0.15) is 0 Å². The summed E-state index contributed by atoms with van der Waals surface area (Å²) in [6.07, 6.45) is 0.797. The molecule has 2 amide bonds. The molecule has 2 aromatic carbocycles. The lowest BCUT2D eigenvalue weighted by Crippen LogP contribution is -2.22. The molecular weight excluding hydrogens is 356 g/mol. The van der Waals surface area contributed by atoms with E-state index in [1.54, 1.807) is 30.3 Å². The second kappa shape index (κ2) is 8.10. The summed E-state index contributed by atoms with van der Waals surface area (Å²) in [7, 11) is 0. The molecule has 2 aromatic rings. The van der Waals surface area contributed by atoms with Crippen LogP contribution in [0.15, 0.2) is 36.4 Å². The van der Waals surface area contributed by atoms with Gasteiger partial charge in [0.05, 0.1) is 18.2 Å². The molecule has 0 unspecified atom stereocenters. The smallest absolute Gasteiger partial charge is 0.251 e. The third-order valence-electron chi connectivity index (χ3n) is 3.78. The van der Waals surface area contributed by atoms with Crippen LogP contribution in [0.1, 0.15) is 29.3 Å². The molecule has 26 heavy (non-hydrogen) atoms. The third kappa shape index (κ3) is 4.46. The Morgan fingerprint density at radius 1 is 1.12 bits per heavy atom. The number of halogens is 1. The number of fused-ring (bicyclic) bond motifs is 1. The zero-order valence-electron chi connectivity index (χ0n) is 14.3. The Balaban J connectivity index is 1.65. The molecule has 0 aliphatic carbocycles. The Morgan fingerprint density at radius 3 is 2.58 bits per heavy atom. The molecule has 136 valence electrons. The number of carbonyl (C=O) groups is 2. The van der Waals surface area contributed by atoms with Crippen LogP contribution in [-0.2, 0) is 11.3 Å². The van der Waals surface area contributed by atoms with Crippen molar-refractivity contribution in [3.63, 3.8) is 0 Å². The summed E-state index contributed by atoms with van der Waals surface area (Å²) in [4.78, 5) is 23.3. The maximum absolute atomic E-state index is 12.3. The fourth-order valence-corrected chi connectivity index (χ4v) is 2.87. The van der Waals surface area contributed by atoms with Crippen LogP contribution in [0.3, 0.4) is 0 Å². The first-order valence-corrected chi connectivity index (χ1v) is 8.64. The van der Waals surface area contributed by atoms with Crippen LogP contribution in [0.4, 0.5) is 5.69 Å². The van der Waals surface area contributed by atoms with Gasteiger partial charge < -0.3 is 20.1 Å². The minimum absolute atomic E-state index is 0.159. The standard InChI is InChI=1S/C19H19ClN2O4/c1-12(23)22-15-5-3-14(4-6-15)19(24)21-11-13-9-16(20)18-17(10-13)25-7-2-8-26-18/h3-6,9-10H,2,7-8,11H2,1H3,(H,21,24)(H,22,23). The van der Waals surface area contributed by atoms with E-state index in [1.165, 1.54) is 6.92 Å². The normalized spacial score (nSPS) is 12.8. The summed E-state index contributed by atoms with van der Waals surface area (Å²) < 4.78 is 11.2. The first-order valence-electron chi connectivity index (χ1n) is 8.27. The van der Waals surface area contributed by atoms with Crippen LogP contribution in [0.25, 0.3) is 0 Å². The molecule has 0 spiro atoms. The number of ether oxygens (including phenoxy) is 2. The highest BCUT2D eigenvalue weighted by atomic mass is 35.5. The van der Waals surface area contributed by atoms with E-state index in [2.05, 4.69) is 10.6 Å². The molecule has 7 heteroatoms. The summed E-state index contributed by atoms with van der Waals surface area (Å²) in [5.74, 6) is 0.766. The van der Waals surface area contributed by atoms with E-state index in [9.17, 15) is 9.59 Å². The van der Waals surface area contributed by atoms with Crippen LogP contribution in [0, 0.1) is 0 Å². The first-order chi connectivity index (χ1) is 12.5. The predicted octanol–water partition coefficient (Wildman–Crippen LogP) is 3.39. The number of rotatable bonds is 4. The maximum atomic E-state index is 12.3. The summed E-state index contributed by atoms with van der Waals surface area (Å²) >= 11 is 6.26. The second-order valence-corrected chi connectivity index (χ2v) is 6.30. The van der Waals surface area contributed by atoms with Crippen molar-refractivity contribution in [2.24, 2.45) is 0 Å². The van der Waals surface area contributed by atoms with Crippen molar-refractivity contribution in [1.82, 2.24) is 5.32 Å². The lowest BCUT2D eigenvalue weighted by Gasteiger charge is -2.12. The largest absolute Gasteiger partial charge is 0.489 e. The van der Waals surface area contributed by atoms with Gasteiger partial charge in [0, 0.05) is 31.1 Å². The van der Waals surface area contributed by atoms with Crippen LogP contribution in [0.5, 0.6) is 11.5 Å². The Kier molecular flexibility index (Phi) is 5.63. The van der Waals surface area contributed by atoms with Gasteiger partial charge in [-0.1, -0.05) is 11.6 Å². The van der Waals surface area contributed by atoms with Gasteiger partial charge in [0.2, 0.25) is 5.91 Å². The summed E-state index contributed by atoms with van der Waals surface area (Å²) in [5.41, 5.74) is 1.96. The molecule has 0 bridgehead atoms. The van der Waals surface area contributed by atoms with Gasteiger partial charge in [-0.2, -0.15) is 0 Å². The van der Waals surface area contributed by atoms with E-state index >= 15 is 0 Å². The molecule has 1 aliphatic rings. The molecule has 0 saturated heterocycles. The summed E-state index contributed by atoms with van der Waals surface area (Å²) in [6.45, 7) is 2.88. The average molecular weight is 375 g/mol. The third-order valence-corrected chi connectivity index (χ3v) is 4.06.